The third kappa shape index (κ3) is 4.29. The monoisotopic (exact) mass is 287 g/mol. The maximum Gasteiger partial charge on any atom is 0.264 e. The summed E-state index contributed by atoms with van der Waals surface area (Å²) in [5.41, 5.74) is 1.23. The average molecular weight is 287 g/mol. The fourth-order valence-electron chi connectivity index (χ4n) is 2.11. The second kappa shape index (κ2) is 6.72. The van der Waals surface area contributed by atoms with Crippen molar-refractivity contribution in [3.05, 3.63) is 41.5 Å². The van der Waals surface area contributed by atoms with E-state index in [9.17, 15) is 0 Å². The lowest BCUT2D eigenvalue weighted by atomic mass is 10.2. The number of benzene rings is 1. The molecule has 1 aliphatic rings. The summed E-state index contributed by atoms with van der Waals surface area (Å²) in [6.45, 7) is 3.30. The number of hydrogen-bond acceptors (Lipinski definition) is 5. The molecule has 0 bridgehead atoms. The van der Waals surface area contributed by atoms with Crippen molar-refractivity contribution >= 4 is 0 Å². The van der Waals surface area contributed by atoms with Gasteiger partial charge < -0.3 is 14.6 Å². The summed E-state index contributed by atoms with van der Waals surface area (Å²) in [5.74, 6) is 2.11. The minimum atomic E-state index is 0.316. The number of aryl methyl sites for hydroxylation is 1. The minimum absolute atomic E-state index is 0.316. The van der Waals surface area contributed by atoms with E-state index in [1.54, 1.807) is 0 Å². The normalized spacial score (nSPS) is 14.3. The molecule has 5 nitrogen and oxygen atoms in total. The van der Waals surface area contributed by atoms with Crippen LogP contribution in [0.3, 0.4) is 0 Å². The Bertz CT molecular complexity index is 578. The Morgan fingerprint density at radius 2 is 2.29 bits per heavy atom. The Morgan fingerprint density at radius 1 is 1.38 bits per heavy atom. The van der Waals surface area contributed by atoms with Crippen molar-refractivity contribution in [2.24, 2.45) is 0 Å². The highest BCUT2D eigenvalue weighted by Gasteiger charge is 2.19. The van der Waals surface area contributed by atoms with Gasteiger partial charge in [0.25, 0.3) is 5.89 Å². The van der Waals surface area contributed by atoms with Crippen LogP contribution in [0.25, 0.3) is 0 Å². The van der Waals surface area contributed by atoms with Gasteiger partial charge >= 0.3 is 0 Å². The van der Waals surface area contributed by atoms with E-state index in [1.807, 2.05) is 12.1 Å². The van der Waals surface area contributed by atoms with Gasteiger partial charge in [-0.3, -0.25) is 0 Å². The Labute approximate surface area is 124 Å². The largest absolute Gasteiger partial charge is 0.484 e. The summed E-state index contributed by atoms with van der Waals surface area (Å²) in [6.07, 6.45) is 4.45. The topological polar surface area (TPSA) is 60.2 Å². The highest BCUT2D eigenvalue weighted by Crippen LogP contribution is 2.20. The average Bonchev–Trinajstić information content (AvgIpc) is 3.23. The van der Waals surface area contributed by atoms with Gasteiger partial charge in [0.2, 0.25) is 0 Å². The van der Waals surface area contributed by atoms with Crippen molar-refractivity contribution in [3.8, 4) is 5.75 Å². The van der Waals surface area contributed by atoms with Crippen LogP contribution in [0.5, 0.6) is 5.75 Å². The van der Waals surface area contributed by atoms with Crippen LogP contribution in [-0.2, 0) is 19.6 Å². The molecule has 1 heterocycles. The molecule has 0 radical (unpaired) electrons. The molecule has 2 aromatic rings. The molecule has 21 heavy (non-hydrogen) atoms. The van der Waals surface area contributed by atoms with Gasteiger partial charge in [0, 0.05) is 19.0 Å². The molecule has 0 unspecified atom stereocenters. The van der Waals surface area contributed by atoms with Gasteiger partial charge in [-0.2, -0.15) is 4.98 Å². The molecular formula is C16H21N3O2. The van der Waals surface area contributed by atoms with Gasteiger partial charge in [-0.25, -0.2) is 0 Å². The molecule has 3 rings (SSSR count). The first kappa shape index (κ1) is 14.1. The predicted octanol–water partition coefficient (Wildman–Crippen LogP) is 2.85. The summed E-state index contributed by atoms with van der Waals surface area (Å²) < 4.78 is 10.9. The summed E-state index contributed by atoms with van der Waals surface area (Å²) >= 11 is 0. The van der Waals surface area contributed by atoms with E-state index in [1.165, 1.54) is 18.4 Å². The standard InChI is InChI=1S/C16H21N3O2/c1-2-4-15-18-16(21-19-15)11-20-14-6-3-5-12(9-14)10-17-13-7-8-13/h3,5-6,9,13,17H,2,4,7-8,10-11H2,1H3. The van der Waals surface area contributed by atoms with Crippen molar-refractivity contribution in [1.82, 2.24) is 15.5 Å². The summed E-state index contributed by atoms with van der Waals surface area (Å²) in [6, 6.07) is 8.83. The summed E-state index contributed by atoms with van der Waals surface area (Å²) in [7, 11) is 0. The first-order valence-electron chi connectivity index (χ1n) is 7.60. The molecule has 1 aromatic heterocycles. The van der Waals surface area contributed by atoms with Crippen molar-refractivity contribution in [2.45, 2.75) is 51.8 Å². The van der Waals surface area contributed by atoms with Crippen LogP contribution < -0.4 is 10.1 Å². The molecule has 1 N–H and O–H groups in total. The molecule has 112 valence electrons. The Morgan fingerprint density at radius 3 is 3.10 bits per heavy atom. The Kier molecular flexibility index (Phi) is 4.50. The molecule has 0 atom stereocenters. The van der Waals surface area contributed by atoms with E-state index in [0.29, 0.717) is 18.5 Å². The van der Waals surface area contributed by atoms with Gasteiger partial charge in [-0.1, -0.05) is 24.2 Å². The fourth-order valence-corrected chi connectivity index (χ4v) is 2.11. The molecule has 1 aliphatic carbocycles. The van der Waals surface area contributed by atoms with Crippen molar-refractivity contribution < 1.29 is 9.26 Å². The van der Waals surface area contributed by atoms with Crippen LogP contribution in [-0.4, -0.2) is 16.2 Å². The van der Waals surface area contributed by atoms with Crippen molar-refractivity contribution in [1.29, 1.82) is 0 Å². The zero-order valence-electron chi connectivity index (χ0n) is 12.3. The second-order valence-electron chi connectivity index (χ2n) is 5.45. The van der Waals surface area contributed by atoms with Crippen LogP contribution in [0.4, 0.5) is 0 Å². The predicted molar refractivity (Wildman–Crippen MR) is 78.9 cm³/mol. The van der Waals surface area contributed by atoms with Crippen LogP contribution in [0.2, 0.25) is 0 Å². The van der Waals surface area contributed by atoms with E-state index in [2.05, 4.69) is 34.5 Å². The lowest BCUT2D eigenvalue weighted by molar-refractivity contribution is 0.242. The molecule has 0 spiro atoms. The molecule has 1 fully saturated rings. The van der Waals surface area contributed by atoms with Crippen molar-refractivity contribution in [3.63, 3.8) is 0 Å². The van der Waals surface area contributed by atoms with Crippen LogP contribution in [0, 0.1) is 0 Å². The molecule has 1 saturated carbocycles. The molecule has 5 heteroatoms. The Balaban J connectivity index is 1.52. The third-order valence-electron chi connectivity index (χ3n) is 3.42. The SMILES string of the molecule is CCCc1noc(COc2cccc(CNC3CC3)c2)n1. The van der Waals surface area contributed by atoms with E-state index in [-0.39, 0.29) is 0 Å². The van der Waals surface area contributed by atoms with Gasteiger partial charge in [-0.15, -0.1) is 0 Å². The molecule has 0 aliphatic heterocycles. The van der Waals surface area contributed by atoms with Gasteiger partial charge in [0.15, 0.2) is 12.4 Å². The first-order chi connectivity index (χ1) is 10.3. The number of rotatable bonds is 8. The minimum Gasteiger partial charge on any atom is -0.484 e. The lowest BCUT2D eigenvalue weighted by Gasteiger charge is -2.07. The molecule has 1 aromatic carbocycles. The van der Waals surface area contributed by atoms with Gasteiger partial charge in [-0.05, 0) is 37.0 Å². The number of hydrogen-bond donors (Lipinski definition) is 1. The van der Waals surface area contributed by atoms with E-state index in [0.717, 1.165) is 31.0 Å². The van der Waals surface area contributed by atoms with E-state index >= 15 is 0 Å². The van der Waals surface area contributed by atoms with Gasteiger partial charge in [0.05, 0.1) is 0 Å². The van der Waals surface area contributed by atoms with Crippen LogP contribution in [0.15, 0.2) is 28.8 Å². The molecular weight excluding hydrogens is 266 g/mol. The number of nitrogens with one attached hydrogen (secondary N) is 1. The quantitative estimate of drug-likeness (QED) is 0.809. The lowest BCUT2D eigenvalue weighted by Crippen LogP contribution is -2.15. The van der Waals surface area contributed by atoms with Crippen LogP contribution in [0.1, 0.15) is 43.5 Å². The maximum atomic E-state index is 5.72. The zero-order chi connectivity index (χ0) is 14.5. The third-order valence-corrected chi connectivity index (χ3v) is 3.42. The molecule has 0 saturated heterocycles. The smallest absolute Gasteiger partial charge is 0.264 e. The summed E-state index contributed by atoms with van der Waals surface area (Å²) in [5, 5.41) is 7.41. The van der Waals surface area contributed by atoms with E-state index in [4.69, 9.17) is 9.26 Å². The summed E-state index contributed by atoms with van der Waals surface area (Å²) in [4.78, 5) is 4.29. The highest BCUT2D eigenvalue weighted by molar-refractivity contribution is 5.28. The first-order valence-corrected chi connectivity index (χ1v) is 7.60. The molecule has 0 amide bonds. The van der Waals surface area contributed by atoms with Crippen LogP contribution >= 0.6 is 0 Å². The van der Waals surface area contributed by atoms with Gasteiger partial charge in [0.1, 0.15) is 5.75 Å². The van der Waals surface area contributed by atoms with E-state index < -0.39 is 0 Å². The number of nitrogens with zero attached hydrogens (tertiary/aromatic N) is 2. The number of ether oxygens (including phenoxy) is 1. The second-order valence-corrected chi connectivity index (χ2v) is 5.45. The van der Waals surface area contributed by atoms with Crippen molar-refractivity contribution in [2.75, 3.05) is 0 Å². The fraction of sp³-hybridized carbons (Fsp3) is 0.500. The zero-order valence-corrected chi connectivity index (χ0v) is 12.3. The number of aromatic nitrogens is 2. The highest BCUT2D eigenvalue weighted by atomic mass is 16.5. The maximum absolute atomic E-state index is 5.72. The Hall–Kier alpha value is -1.88.